The minimum Gasteiger partial charge on any atom is -0.382 e. The molecule has 0 saturated heterocycles. The van der Waals surface area contributed by atoms with Crippen molar-refractivity contribution in [1.29, 1.82) is 0 Å². The summed E-state index contributed by atoms with van der Waals surface area (Å²) in [4.78, 5) is 36.3. The van der Waals surface area contributed by atoms with Gasteiger partial charge in [-0.1, -0.05) is 44.2 Å². The summed E-state index contributed by atoms with van der Waals surface area (Å²) in [6.45, 7) is 3.66. The average Bonchev–Trinajstić information content (AvgIpc) is 2.62. The lowest BCUT2D eigenvalue weighted by Gasteiger charge is -2.25. The Morgan fingerprint density at radius 2 is 1.64 bits per heavy atom. The molecule has 0 radical (unpaired) electrons. The van der Waals surface area contributed by atoms with Gasteiger partial charge in [-0.2, -0.15) is 0 Å². The molecule has 0 heterocycles. The SMILES string of the molecule is CNC(=O)C(NC(=O)[C@H](CC(C)C)[C@H](O)C(=O)NO)c1ccccc1. The lowest BCUT2D eigenvalue weighted by molar-refractivity contribution is -0.147. The smallest absolute Gasteiger partial charge is 0.272 e. The van der Waals surface area contributed by atoms with Crippen LogP contribution in [0, 0.1) is 11.8 Å². The van der Waals surface area contributed by atoms with E-state index in [0.29, 0.717) is 5.56 Å². The number of hydrogen-bond donors (Lipinski definition) is 5. The number of aliphatic hydroxyl groups excluding tert-OH is 1. The number of hydrogen-bond acceptors (Lipinski definition) is 5. The van der Waals surface area contributed by atoms with Crippen LogP contribution < -0.4 is 16.1 Å². The normalized spacial score (nSPS) is 14.3. The van der Waals surface area contributed by atoms with Gasteiger partial charge in [-0.25, -0.2) is 5.48 Å². The van der Waals surface area contributed by atoms with Crippen molar-refractivity contribution in [2.75, 3.05) is 7.05 Å². The molecule has 138 valence electrons. The van der Waals surface area contributed by atoms with Crippen LogP contribution in [0.4, 0.5) is 0 Å². The van der Waals surface area contributed by atoms with Crippen molar-refractivity contribution in [1.82, 2.24) is 16.1 Å². The van der Waals surface area contributed by atoms with Gasteiger partial charge >= 0.3 is 0 Å². The zero-order valence-electron chi connectivity index (χ0n) is 14.5. The van der Waals surface area contributed by atoms with E-state index in [1.807, 2.05) is 13.8 Å². The molecular formula is C17H25N3O5. The van der Waals surface area contributed by atoms with Crippen LogP contribution in [-0.4, -0.2) is 41.2 Å². The second-order valence-corrected chi connectivity index (χ2v) is 6.12. The van der Waals surface area contributed by atoms with Crippen LogP contribution >= 0.6 is 0 Å². The van der Waals surface area contributed by atoms with E-state index >= 15 is 0 Å². The first-order valence-corrected chi connectivity index (χ1v) is 8.00. The number of amides is 3. The van der Waals surface area contributed by atoms with Crippen LogP contribution in [0.3, 0.4) is 0 Å². The van der Waals surface area contributed by atoms with Crippen LogP contribution in [-0.2, 0) is 14.4 Å². The second kappa shape index (κ2) is 9.75. The second-order valence-electron chi connectivity index (χ2n) is 6.12. The molecule has 0 aliphatic heterocycles. The first kappa shape index (κ1) is 20.6. The molecule has 1 aromatic rings. The highest BCUT2D eigenvalue weighted by molar-refractivity contribution is 5.92. The zero-order valence-corrected chi connectivity index (χ0v) is 14.5. The molecule has 1 rings (SSSR count). The van der Waals surface area contributed by atoms with Crippen LogP contribution in [0.25, 0.3) is 0 Å². The fourth-order valence-corrected chi connectivity index (χ4v) is 2.48. The standard InChI is InChI=1S/C17H25N3O5/c1-10(2)9-12(14(21)17(24)20-25)15(22)19-13(16(23)18-3)11-7-5-4-6-8-11/h4-8,10,12-14,21,25H,9H2,1-3H3,(H,18,23)(H,19,22)(H,20,24)/t12-,13?,14+/m1/s1. The molecule has 0 fully saturated rings. The maximum atomic E-state index is 12.6. The van der Waals surface area contributed by atoms with Crippen LogP contribution in [0.5, 0.6) is 0 Å². The van der Waals surface area contributed by atoms with E-state index < -0.39 is 35.8 Å². The highest BCUT2D eigenvalue weighted by Gasteiger charge is 2.34. The van der Waals surface area contributed by atoms with E-state index in [1.165, 1.54) is 12.5 Å². The fourth-order valence-electron chi connectivity index (χ4n) is 2.48. The van der Waals surface area contributed by atoms with E-state index in [0.717, 1.165) is 0 Å². The molecule has 0 aliphatic rings. The maximum Gasteiger partial charge on any atom is 0.272 e. The van der Waals surface area contributed by atoms with Crippen molar-refractivity contribution in [3.63, 3.8) is 0 Å². The van der Waals surface area contributed by atoms with Gasteiger partial charge in [0.1, 0.15) is 12.1 Å². The first-order chi connectivity index (χ1) is 11.8. The quantitative estimate of drug-likeness (QED) is 0.336. The molecule has 1 unspecified atom stereocenters. The third-order valence-electron chi connectivity index (χ3n) is 3.75. The van der Waals surface area contributed by atoms with Crippen molar-refractivity contribution >= 4 is 17.7 Å². The minimum atomic E-state index is -1.73. The summed E-state index contributed by atoms with van der Waals surface area (Å²) in [6, 6.07) is 7.66. The summed E-state index contributed by atoms with van der Waals surface area (Å²) in [5, 5.41) is 23.8. The molecule has 0 aromatic heterocycles. The fraction of sp³-hybridized carbons (Fsp3) is 0.471. The van der Waals surface area contributed by atoms with Crippen molar-refractivity contribution in [2.45, 2.75) is 32.4 Å². The number of likely N-dealkylation sites (N-methyl/N-ethyl adjacent to an activating group) is 1. The number of carbonyl (C=O) groups excluding carboxylic acids is 3. The Morgan fingerprint density at radius 3 is 2.12 bits per heavy atom. The van der Waals surface area contributed by atoms with Crippen LogP contribution in [0.15, 0.2) is 30.3 Å². The average molecular weight is 351 g/mol. The Hall–Kier alpha value is -2.45. The summed E-state index contributed by atoms with van der Waals surface area (Å²) in [5.41, 5.74) is 1.91. The molecule has 3 atom stereocenters. The summed E-state index contributed by atoms with van der Waals surface area (Å²) >= 11 is 0. The Balaban J connectivity index is 3.05. The van der Waals surface area contributed by atoms with Gasteiger partial charge in [-0.3, -0.25) is 19.6 Å². The van der Waals surface area contributed by atoms with Gasteiger partial charge in [0.15, 0.2) is 0 Å². The minimum absolute atomic E-state index is 0.00655. The highest BCUT2D eigenvalue weighted by atomic mass is 16.5. The first-order valence-electron chi connectivity index (χ1n) is 8.00. The Labute approximate surface area is 146 Å². The number of nitrogens with one attached hydrogen (secondary N) is 3. The van der Waals surface area contributed by atoms with Crippen LogP contribution in [0.1, 0.15) is 31.9 Å². The van der Waals surface area contributed by atoms with Gasteiger partial charge in [0, 0.05) is 7.05 Å². The number of carbonyl (C=O) groups is 3. The molecule has 0 saturated carbocycles. The molecule has 1 aromatic carbocycles. The van der Waals surface area contributed by atoms with E-state index in [2.05, 4.69) is 10.6 Å². The molecular weight excluding hydrogens is 326 g/mol. The molecule has 8 heteroatoms. The number of aliphatic hydroxyl groups is 1. The summed E-state index contributed by atoms with van der Waals surface area (Å²) in [6.07, 6.45) is -1.52. The lowest BCUT2D eigenvalue weighted by atomic mass is 9.90. The van der Waals surface area contributed by atoms with E-state index in [-0.39, 0.29) is 12.3 Å². The van der Waals surface area contributed by atoms with Crippen molar-refractivity contribution in [2.24, 2.45) is 11.8 Å². The summed E-state index contributed by atoms with van der Waals surface area (Å²) in [7, 11) is 1.45. The molecule has 3 amide bonds. The van der Waals surface area contributed by atoms with Crippen LogP contribution in [0.2, 0.25) is 0 Å². The Kier molecular flexibility index (Phi) is 8.03. The predicted molar refractivity (Wildman–Crippen MR) is 90.3 cm³/mol. The van der Waals surface area contributed by atoms with E-state index in [9.17, 15) is 19.5 Å². The van der Waals surface area contributed by atoms with E-state index in [1.54, 1.807) is 30.3 Å². The molecule has 0 bridgehead atoms. The molecule has 5 N–H and O–H groups in total. The molecule has 0 spiro atoms. The zero-order chi connectivity index (χ0) is 19.0. The molecule has 8 nitrogen and oxygen atoms in total. The van der Waals surface area contributed by atoms with Gasteiger partial charge in [-0.15, -0.1) is 0 Å². The predicted octanol–water partition coefficient (Wildman–Crippen LogP) is 0.119. The summed E-state index contributed by atoms with van der Waals surface area (Å²) in [5.74, 6) is -3.25. The van der Waals surface area contributed by atoms with Gasteiger partial charge < -0.3 is 15.7 Å². The third kappa shape index (κ3) is 5.84. The number of rotatable bonds is 8. The Morgan fingerprint density at radius 1 is 1.04 bits per heavy atom. The largest absolute Gasteiger partial charge is 0.382 e. The monoisotopic (exact) mass is 351 g/mol. The Bertz CT molecular complexity index is 591. The number of hydroxylamine groups is 1. The summed E-state index contributed by atoms with van der Waals surface area (Å²) < 4.78 is 0. The van der Waals surface area contributed by atoms with Crippen molar-refractivity contribution in [3.8, 4) is 0 Å². The highest BCUT2D eigenvalue weighted by Crippen LogP contribution is 2.20. The van der Waals surface area contributed by atoms with E-state index in [4.69, 9.17) is 5.21 Å². The van der Waals surface area contributed by atoms with Gasteiger partial charge in [0.25, 0.3) is 5.91 Å². The maximum absolute atomic E-state index is 12.6. The van der Waals surface area contributed by atoms with Crippen molar-refractivity contribution in [3.05, 3.63) is 35.9 Å². The lowest BCUT2D eigenvalue weighted by Crippen LogP contribution is -2.48. The van der Waals surface area contributed by atoms with Crippen molar-refractivity contribution < 1.29 is 24.7 Å². The topological polar surface area (TPSA) is 128 Å². The molecule has 0 aliphatic carbocycles. The third-order valence-corrected chi connectivity index (χ3v) is 3.75. The number of benzene rings is 1. The van der Waals surface area contributed by atoms with Gasteiger partial charge in [0.2, 0.25) is 11.8 Å². The molecule has 25 heavy (non-hydrogen) atoms. The van der Waals surface area contributed by atoms with Gasteiger partial charge in [0.05, 0.1) is 5.92 Å². The van der Waals surface area contributed by atoms with Gasteiger partial charge in [-0.05, 0) is 17.9 Å².